The molecule has 8 nitrogen and oxygen atoms in total. The standard InChI is InChI=1S/C15H12O8/c16-13(6-4-2-1-3-5-6)18-7-10-8-12-9(20-14(17)19-8)11(7)22-15(21-10)23-12/h1-5,7-12,15H/t7?,8-,9+,10+,11-,12?,15?. The maximum atomic E-state index is 12.3. The van der Waals surface area contributed by atoms with Crippen molar-refractivity contribution in [3.8, 4) is 0 Å². The van der Waals surface area contributed by atoms with Gasteiger partial charge in [-0.1, -0.05) is 18.2 Å². The van der Waals surface area contributed by atoms with Crippen molar-refractivity contribution in [3.63, 3.8) is 0 Å². The molecule has 3 unspecified atom stereocenters. The maximum absolute atomic E-state index is 12.3. The van der Waals surface area contributed by atoms with Crippen LogP contribution in [0.25, 0.3) is 0 Å². The minimum atomic E-state index is -0.852. The highest BCUT2D eigenvalue weighted by Crippen LogP contribution is 2.45. The lowest BCUT2D eigenvalue weighted by molar-refractivity contribution is -0.488. The van der Waals surface area contributed by atoms with Crippen LogP contribution in [-0.4, -0.2) is 55.2 Å². The van der Waals surface area contributed by atoms with E-state index in [9.17, 15) is 9.59 Å². The molecule has 0 spiro atoms. The molecule has 4 saturated heterocycles. The summed E-state index contributed by atoms with van der Waals surface area (Å²) in [5.74, 6) is -0.499. The Balaban J connectivity index is 1.43. The molecule has 5 aliphatic rings. The minimum absolute atomic E-state index is 0.417. The van der Waals surface area contributed by atoms with Gasteiger partial charge < -0.3 is 28.4 Å². The second kappa shape index (κ2) is 4.67. The number of benzene rings is 1. The number of carbonyl (C=O) groups is 2. The first-order valence-corrected chi connectivity index (χ1v) is 7.30. The van der Waals surface area contributed by atoms with Gasteiger partial charge in [-0.15, -0.1) is 0 Å². The summed E-state index contributed by atoms with van der Waals surface area (Å²) in [4.78, 5) is 23.8. The summed E-state index contributed by atoms with van der Waals surface area (Å²) in [7, 11) is 0. The van der Waals surface area contributed by atoms with Gasteiger partial charge in [-0.25, -0.2) is 9.59 Å². The maximum Gasteiger partial charge on any atom is 0.509 e. The van der Waals surface area contributed by atoms with Gasteiger partial charge in [-0.3, -0.25) is 0 Å². The fourth-order valence-electron chi connectivity index (χ4n) is 3.49. The van der Waals surface area contributed by atoms with Gasteiger partial charge in [0.2, 0.25) is 0 Å². The number of hydrogen-bond acceptors (Lipinski definition) is 8. The topological polar surface area (TPSA) is 89.5 Å². The van der Waals surface area contributed by atoms with Crippen LogP contribution in [0.4, 0.5) is 4.79 Å². The zero-order valence-electron chi connectivity index (χ0n) is 11.7. The van der Waals surface area contributed by atoms with E-state index < -0.39 is 55.2 Å². The van der Waals surface area contributed by atoms with Crippen LogP contribution in [0, 0.1) is 0 Å². The molecular weight excluding hydrogens is 308 g/mol. The monoisotopic (exact) mass is 320 g/mol. The van der Waals surface area contributed by atoms with Crippen molar-refractivity contribution in [1.29, 1.82) is 0 Å². The first-order chi connectivity index (χ1) is 11.2. The zero-order chi connectivity index (χ0) is 15.6. The van der Waals surface area contributed by atoms with Crippen molar-refractivity contribution < 1.29 is 38.0 Å². The number of rotatable bonds is 2. The van der Waals surface area contributed by atoms with Gasteiger partial charge in [0.05, 0.1) is 5.56 Å². The molecule has 23 heavy (non-hydrogen) atoms. The summed E-state index contributed by atoms with van der Waals surface area (Å²) >= 11 is 0. The fraction of sp³-hybridized carbons (Fsp3) is 0.467. The van der Waals surface area contributed by atoms with E-state index >= 15 is 0 Å². The Hall–Kier alpha value is -2.16. The van der Waals surface area contributed by atoms with Crippen LogP contribution < -0.4 is 0 Å². The molecule has 0 N–H and O–H groups in total. The van der Waals surface area contributed by atoms with Gasteiger partial charge in [-0.2, -0.15) is 0 Å². The molecule has 0 radical (unpaired) electrons. The quantitative estimate of drug-likeness (QED) is 0.732. The van der Waals surface area contributed by atoms with Gasteiger partial charge in [-0.05, 0) is 12.1 Å². The molecule has 1 aromatic rings. The van der Waals surface area contributed by atoms with E-state index in [1.165, 1.54) is 0 Å². The predicted octanol–water partition coefficient (Wildman–Crippen LogP) is 0.596. The fourth-order valence-corrected chi connectivity index (χ4v) is 3.49. The van der Waals surface area contributed by atoms with E-state index in [-0.39, 0.29) is 0 Å². The van der Waals surface area contributed by atoms with E-state index in [4.69, 9.17) is 28.4 Å². The second-order valence-corrected chi connectivity index (χ2v) is 5.74. The molecule has 0 amide bonds. The van der Waals surface area contributed by atoms with E-state index in [0.717, 1.165) is 0 Å². The Morgan fingerprint density at radius 2 is 1.48 bits per heavy atom. The summed E-state index contributed by atoms with van der Waals surface area (Å²) in [5.41, 5.74) is 0.417. The van der Waals surface area contributed by atoms with E-state index in [0.29, 0.717) is 5.56 Å². The molecule has 1 aliphatic carbocycles. The second-order valence-electron chi connectivity index (χ2n) is 5.74. The van der Waals surface area contributed by atoms with Crippen LogP contribution in [0.5, 0.6) is 0 Å². The van der Waals surface area contributed by atoms with Crippen LogP contribution in [0.1, 0.15) is 10.4 Å². The third-order valence-corrected chi connectivity index (χ3v) is 4.46. The molecule has 6 rings (SSSR count). The van der Waals surface area contributed by atoms with Gasteiger partial charge in [0, 0.05) is 0 Å². The van der Waals surface area contributed by atoms with Crippen molar-refractivity contribution in [1.82, 2.24) is 0 Å². The molecule has 0 aromatic heterocycles. The SMILES string of the molecule is O=C1O[C@@H]2C3OC4O[C@@H]2C(OC(=O)c2ccccc2)[C@H](O4)[C@H]3O1. The first kappa shape index (κ1) is 13.3. The average Bonchev–Trinajstić information content (AvgIpc) is 2.57. The average molecular weight is 320 g/mol. The summed E-state index contributed by atoms with van der Waals surface area (Å²) in [6, 6.07) is 8.60. The summed E-state index contributed by atoms with van der Waals surface area (Å²) in [6.45, 7) is -0.852. The van der Waals surface area contributed by atoms with Crippen LogP contribution in [-0.2, 0) is 28.4 Å². The Labute approximate surface area is 130 Å². The van der Waals surface area contributed by atoms with Gasteiger partial charge in [0.25, 0.3) is 6.48 Å². The van der Waals surface area contributed by atoms with E-state index in [1.54, 1.807) is 30.3 Å². The molecule has 120 valence electrons. The van der Waals surface area contributed by atoms with Crippen LogP contribution in [0.2, 0.25) is 0 Å². The molecule has 8 heteroatoms. The first-order valence-electron chi connectivity index (χ1n) is 7.30. The Morgan fingerprint density at radius 1 is 0.870 bits per heavy atom. The molecule has 7 atom stereocenters. The molecule has 1 aromatic carbocycles. The summed E-state index contributed by atoms with van der Waals surface area (Å²) in [6.07, 6.45) is -4.61. The normalized spacial score (nSPS) is 42.8. The Morgan fingerprint density at radius 3 is 2.13 bits per heavy atom. The molecule has 6 bridgehead atoms. The van der Waals surface area contributed by atoms with Gasteiger partial charge >= 0.3 is 12.1 Å². The number of esters is 1. The molecule has 4 aliphatic heterocycles. The van der Waals surface area contributed by atoms with Crippen molar-refractivity contribution in [2.75, 3.05) is 0 Å². The lowest BCUT2D eigenvalue weighted by atomic mass is 9.81. The number of ether oxygens (including phenoxy) is 6. The molecule has 4 heterocycles. The van der Waals surface area contributed by atoms with Crippen molar-refractivity contribution >= 4 is 12.1 Å². The Bertz CT molecular complexity index is 635. The minimum Gasteiger partial charge on any atom is -0.453 e. The highest BCUT2D eigenvalue weighted by atomic mass is 16.9. The van der Waals surface area contributed by atoms with Crippen molar-refractivity contribution in [2.24, 2.45) is 0 Å². The highest BCUT2D eigenvalue weighted by Gasteiger charge is 2.68. The lowest BCUT2D eigenvalue weighted by Gasteiger charge is -2.58. The number of hydrogen-bond donors (Lipinski definition) is 0. The number of carbonyl (C=O) groups excluding carboxylic acids is 2. The largest absolute Gasteiger partial charge is 0.509 e. The third-order valence-electron chi connectivity index (χ3n) is 4.46. The molecular formula is C15H12O8. The predicted molar refractivity (Wildman–Crippen MR) is 69.2 cm³/mol. The van der Waals surface area contributed by atoms with Crippen LogP contribution >= 0.6 is 0 Å². The summed E-state index contributed by atoms with van der Waals surface area (Å²) < 4.78 is 32.5. The Kier molecular flexibility index (Phi) is 2.70. The molecule has 1 saturated carbocycles. The van der Waals surface area contributed by atoms with Gasteiger partial charge in [0.15, 0.2) is 18.3 Å². The third kappa shape index (κ3) is 1.89. The summed E-state index contributed by atoms with van der Waals surface area (Å²) in [5, 5.41) is 0. The smallest absolute Gasteiger partial charge is 0.453 e. The van der Waals surface area contributed by atoms with Crippen molar-refractivity contribution in [3.05, 3.63) is 35.9 Å². The highest BCUT2D eigenvalue weighted by molar-refractivity contribution is 5.89. The van der Waals surface area contributed by atoms with Crippen molar-refractivity contribution in [2.45, 2.75) is 43.1 Å². The van der Waals surface area contributed by atoms with Gasteiger partial charge in [0.1, 0.15) is 18.3 Å². The van der Waals surface area contributed by atoms with E-state index in [1.807, 2.05) is 0 Å². The lowest BCUT2D eigenvalue weighted by Crippen LogP contribution is -2.78. The van der Waals surface area contributed by atoms with Crippen LogP contribution in [0.3, 0.4) is 0 Å². The molecule has 5 fully saturated rings. The van der Waals surface area contributed by atoms with Crippen LogP contribution in [0.15, 0.2) is 30.3 Å². The van der Waals surface area contributed by atoms with E-state index in [2.05, 4.69) is 0 Å². The zero-order valence-corrected chi connectivity index (χ0v) is 11.7.